The monoisotopic (exact) mass is 374 g/mol. The lowest BCUT2D eigenvalue weighted by Gasteiger charge is -2.13. The van der Waals surface area contributed by atoms with Gasteiger partial charge in [-0.1, -0.05) is 11.6 Å². The Bertz CT molecular complexity index is 953. The predicted octanol–water partition coefficient (Wildman–Crippen LogP) is 2.14. The second kappa shape index (κ2) is 6.85. The summed E-state index contributed by atoms with van der Waals surface area (Å²) in [4.78, 5) is 46.2. The highest BCUT2D eigenvalue weighted by atomic mass is 35.5. The van der Waals surface area contributed by atoms with Gasteiger partial charge in [0.25, 0.3) is 11.8 Å². The number of halogens is 1. The molecule has 0 saturated carbocycles. The molecule has 0 spiro atoms. The van der Waals surface area contributed by atoms with Crippen molar-refractivity contribution < 1.29 is 28.3 Å². The number of carbonyl (C=O) groups is 4. The maximum Gasteiger partial charge on any atom is 0.337 e. The first kappa shape index (κ1) is 17.4. The van der Waals surface area contributed by atoms with Crippen molar-refractivity contribution in [1.82, 2.24) is 10.6 Å². The van der Waals surface area contributed by atoms with Crippen LogP contribution in [0.15, 0.2) is 40.3 Å². The zero-order valence-corrected chi connectivity index (χ0v) is 14.0. The van der Waals surface area contributed by atoms with Crippen LogP contribution in [0.25, 0.3) is 17.4 Å². The number of nitrogens with one attached hydrogen (secondary N) is 2. The van der Waals surface area contributed by atoms with Gasteiger partial charge in [-0.25, -0.2) is 9.59 Å². The quantitative estimate of drug-likeness (QED) is 0.483. The summed E-state index contributed by atoms with van der Waals surface area (Å²) in [5.74, 6) is -1.68. The van der Waals surface area contributed by atoms with Crippen LogP contribution >= 0.6 is 11.6 Å². The van der Waals surface area contributed by atoms with E-state index in [0.29, 0.717) is 16.3 Å². The van der Waals surface area contributed by atoms with E-state index in [1.54, 1.807) is 6.07 Å². The molecule has 0 unspecified atom stereocenters. The molecular formula is C17H11ClN2O6. The van der Waals surface area contributed by atoms with Gasteiger partial charge in [-0.15, -0.1) is 0 Å². The van der Waals surface area contributed by atoms with E-state index in [4.69, 9.17) is 16.0 Å². The Morgan fingerprint density at radius 1 is 1.12 bits per heavy atom. The van der Waals surface area contributed by atoms with Gasteiger partial charge in [0.05, 0.1) is 17.7 Å². The average molecular weight is 375 g/mol. The van der Waals surface area contributed by atoms with E-state index in [0.717, 1.165) is 0 Å². The number of hydrogen-bond acceptors (Lipinski definition) is 6. The van der Waals surface area contributed by atoms with E-state index < -0.39 is 23.8 Å². The number of furan rings is 1. The number of carbonyl (C=O) groups excluding carboxylic acids is 4. The first-order valence-electron chi connectivity index (χ1n) is 7.25. The van der Waals surface area contributed by atoms with Gasteiger partial charge in [-0.2, -0.15) is 0 Å². The van der Waals surface area contributed by atoms with Crippen molar-refractivity contribution in [2.24, 2.45) is 0 Å². The SMILES string of the molecule is COC(=O)c1ccc(Cl)c(-c2ccc(C=C3C(=O)NC(=O)NC3=O)o2)c1. The van der Waals surface area contributed by atoms with Crippen molar-refractivity contribution in [1.29, 1.82) is 0 Å². The molecule has 4 amide bonds. The Morgan fingerprint density at radius 3 is 2.46 bits per heavy atom. The van der Waals surface area contributed by atoms with Gasteiger partial charge < -0.3 is 9.15 Å². The fourth-order valence-electron chi connectivity index (χ4n) is 2.28. The zero-order chi connectivity index (χ0) is 18.8. The van der Waals surface area contributed by atoms with Crippen molar-refractivity contribution >= 4 is 41.5 Å². The van der Waals surface area contributed by atoms with Crippen molar-refractivity contribution in [3.05, 3.63) is 52.3 Å². The van der Waals surface area contributed by atoms with Crippen molar-refractivity contribution in [3.8, 4) is 11.3 Å². The molecule has 8 nitrogen and oxygen atoms in total. The van der Waals surface area contributed by atoms with E-state index in [9.17, 15) is 19.2 Å². The number of barbiturate groups is 1. The first-order valence-corrected chi connectivity index (χ1v) is 7.63. The molecule has 2 N–H and O–H groups in total. The summed E-state index contributed by atoms with van der Waals surface area (Å²) in [6.45, 7) is 0. The fraction of sp³-hybridized carbons (Fsp3) is 0.0588. The number of hydrogen-bond donors (Lipinski definition) is 2. The molecular weight excluding hydrogens is 364 g/mol. The average Bonchev–Trinajstić information content (AvgIpc) is 3.06. The Morgan fingerprint density at radius 2 is 1.81 bits per heavy atom. The topological polar surface area (TPSA) is 115 Å². The van der Waals surface area contributed by atoms with Crippen LogP contribution in [-0.2, 0) is 14.3 Å². The van der Waals surface area contributed by atoms with Crippen LogP contribution in [0.4, 0.5) is 4.79 Å². The van der Waals surface area contributed by atoms with Crippen LogP contribution in [0.2, 0.25) is 5.02 Å². The minimum atomic E-state index is -0.885. The highest BCUT2D eigenvalue weighted by Gasteiger charge is 2.28. The molecule has 9 heteroatoms. The molecule has 1 fully saturated rings. The molecule has 0 bridgehead atoms. The van der Waals surface area contributed by atoms with Crippen LogP contribution in [0.3, 0.4) is 0 Å². The molecule has 1 saturated heterocycles. The van der Waals surface area contributed by atoms with Gasteiger partial charge in [0.1, 0.15) is 17.1 Å². The van der Waals surface area contributed by atoms with Gasteiger partial charge in [-0.05, 0) is 36.4 Å². The molecule has 1 aromatic carbocycles. The summed E-state index contributed by atoms with van der Waals surface area (Å²) < 4.78 is 10.3. The van der Waals surface area contributed by atoms with Gasteiger partial charge in [0, 0.05) is 5.56 Å². The van der Waals surface area contributed by atoms with E-state index >= 15 is 0 Å². The fourth-order valence-corrected chi connectivity index (χ4v) is 2.49. The minimum absolute atomic E-state index is 0.189. The number of rotatable bonds is 3. The third-order valence-electron chi connectivity index (χ3n) is 3.51. The molecule has 26 heavy (non-hydrogen) atoms. The van der Waals surface area contributed by atoms with Crippen molar-refractivity contribution in [3.63, 3.8) is 0 Å². The zero-order valence-electron chi connectivity index (χ0n) is 13.3. The molecule has 132 valence electrons. The highest BCUT2D eigenvalue weighted by Crippen LogP contribution is 2.31. The predicted molar refractivity (Wildman–Crippen MR) is 90.2 cm³/mol. The Kier molecular flexibility index (Phi) is 4.59. The second-order valence-electron chi connectivity index (χ2n) is 5.18. The van der Waals surface area contributed by atoms with Crippen LogP contribution in [0, 0.1) is 0 Å². The summed E-state index contributed by atoms with van der Waals surface area (Å²) in [5, 5.41) is 4.26. The number of esters is 1. The summed E-state index contributed by atoms with van der Waals surface area (Å²) in [6, 6.07) is 6.74. The van der Waals surface area contributed by atoms with E-state index in [-0.39, 0.29) is 16.9 Å². The second-order valence-corrected chi connectivity index (χ2v) is 5.59. The molecule has 2 aromatic rings. The van der Waals surface area contributed by atoms with Crippen LogP contribution in [0.5, 0.6) is 0 Å². The lowest BCUT2D eigenvalue weighted by atomic mass is 10.1. The van der Waals surface area contributed by atoms with Crippen LogP contribution in [0.1, 0.15) is 16.1 Å². The molecule has 0 radical (unpaired) electrons. The first-order chi connectivity index (χ1) is 12.4. The Hall–Kier alpha value is -3.39. The summed E-state index contributed by atoms with van der Waals surface area (Å²) in [6.07, 6.45) is 1.19. The lowest BCUT2D eigenvalue weighted by molar-refractivity contribution is -0.123. The number of urea groups is 1. The summed E-state index contributed by atoms with van der Waals surface area (Å²) >= 11 is 6.15. The van der Waals surface area contributed by atoms with Gasteiger partial charge in [0.2, 0.25) is 0 Å². The molecule has 0 atom stereocenters. The third kappa shape index (κ3) is 3.35. The number of imide groups is 2. The summed E-state index contributed by atoms with van der Waals surface area (Å²) in [7, 11) is 1.26. The number of benzene rings is 1. The smallest absolute Gasteiger partial charge is 0.337 e. The Balaban J connectivity index is 1.95. The largest absolute Gasteiger partial charge is 0.465 e. The van der Waals surface area contributed by atoms with Gasteiger partial charge in [-0.3, -0.25) is 20.2 Å². The van der Waals surface area contributed by atoms with Crippen molar-refractivity contribution in [2.75, 3.05) is 7.11 Å². The maximum absolute atomic E-state index is 11.7. The highest BCUT2D eigenvalue weighted by molar-refractivity contribution is 6.33. The molecule has 3 rings (SSSR count). The number of methoxy groups -OCH3 is 1. The standard InChI is InChI=1S/C17H11ClN2O6/c1-25-16(23)8-2-4-12(18)10(6-8)13-5-3-9(26-13)7-11-14(21)19-17(24)20-15(11)22/h2-7H,1H3,(H2,19,20,21,22,24). The minimum Gasteiger partial charge on any atom is -0.465 e. The molecule has 1 aliphatic heterocycles. The van der Waals surface area contributed by atoms with Crippen LogP contribution in [-0.4, -0.2) is 30.9 Å². The molecule has 1 aliphatic rings. The van der Waals surface area contributed by atoms with Gasteiger partial charge in [0.15, 0.2) is 0 Å². The maximum atomic E-state index is 11.7. The lowest BCUT2D eigenvalue weighted by Crippen LogP contribution is -2.51. The van der Waals surface area contributed by atoms with E-state index in [1.165, 1.54) is 37.5 Å². The van der Waals surface area contributed by atoms with E-state index in [1.807, 2.05) is 10.6 Å². The molecule has 0 aliphatic carbocycles. The Labute approximate surface area is 151 Å². The number of amides is 4. The van der Waals surface area contributed by atoms with Crippen LogP contribution < -0.4 is 10.6 Å². The van der Waals surface area contributed by atoms with Gasteiger partial charge >= 0.3 is 12.0 Å². The third-order valence-corrected chi connectivity index (χ3v) is 3.84. The number of ether oxygens (including phenoxy) is 1. The van der Waals surface area contributed by atoms with Crippen molar-refractivity contribution in [2.45, 2.75) is 0 Å². The normalized spacial score (nSPS) is 13.9. The van der Waals surface area contributed by atoms with E-state index in [2.05, 4.69) is 4.74 Å². The molecule has 2 heterocycles. The molecule has 1 aromatic heterocycles. The summed E-state index contributed by atoms with van der Waals surface area (Å²) in [5.41, 5.74) is 0.444.